The summed E-state index contributed by atoms with van der Waals surface area (Å²) in [6.45, 7) is 6.32. The molecule has 3 rings (SSSR count). The van der Waals surface area contributed by atoms with Crippen molar-refractivity contribution < 1.29 is 9.53 Å². The average molecular weight is 405 g/mol. The molecule has 2 N–H and O–H groups in total. The molecular weight excluding hydrogens is 380 g/mol. The molecule has 7 nitrogen and oxygen atoms in total. The fraction of sp³-hybridized carbons (Fsp3) is 0.450. The second kappa shape index (κ2) is 9.21. The van der Waals surface area contributed by atoms with E-state index < -0.39 is 0 Å². The lowest BCUT2D eigenvalue weighted by molar-refractivity contribution is -0.121. The first kappa shape index (κ1) is 20.4. The summed E-state index contributed by atoms with van der Waals surface area (Å²) in [5.74, 6) is 0.426. The molecule has 0 radical (unpaired) electrons. The zero-order chi connectivity index (χ0) is 20.1. The van der Waals surface area contributed by atoms with Crippen molar-refractivity contribution in [3.8, 4) is 0 Å². The summed E-state index contributed by atoms with van der Waals surface area (Å²) in [5, 5.41) is 3.55. The van der Waals surface area contributed by atoms with Crippen molar-refractivity contribution in [3.63, 3.8) is 0 Å². The topological polar surface area (TPSA) is 87.3 Å². The monoisotopic (exact) mass is 404 g/mol. The highest BCUT2D eigenvalue weighted by Crippen LogP contribution is 2.22. The molecule has 1 aliphatic heterocycles. The Morgan fingerprint density at radius 2 is 2.07 bits per heavy atom. The molecule has 1 aliphatic rings. The Morgan fingerprint density at radius 3 is 2.75 bits per heavy atom. The van der Waals surface area contributed by atoms with Crippen molar-refractivity contribution >= 4 is 23.5 Å². The van der Waals surface area contributed by atoms with Crippen LogP contribution in [0.4, 0.5) is 5.95 Å². The molecule has 0 saturated carbocycles. The van der Waals surface area contributed by atoms with E-state index in [-0.39, 0.29) is 23.9 Å². The van der Waals surface area contributed by atoms with E-state index in [9.17, 15) is 9.59 Å². The average Bonchev–Trinajstić information content (AvgIpc) is 2.68. The van der Waals surface area contributed by atoms with Gasteiger partial charge in [0.1, 0.15) is 0 Å². The molecule has 1 atom stereocenters. The lowest BCUT2D eigenvalue weighted by atomic mass is 10.1. The van der Waals surface area contributed by atoms with E-state index in [2.05, 4.69) is 15.3 Å². The van der Waals surface area contributed by atoms with Gasteiger partial charge < -0.3 is 15.0 Å². The van der Waals surface area contributed by atoms with Gasteiger partial charge in [0.15, 0.2) is 0 Å². The van der Waals surface area contributed by atoms with Gasteiger partial charge in [-0.05, 0) is 31.9 Å². The number of morpholine rings is 1. The predicted octanol–water partition coefficient (Wildman–Crippen LogP) is 2.38. The number of aromatic nitrogens is 2. The van der Waals surface area contributed by atoms with Gasteiger partial charge in [0.25, 0.3) is 5.56 Å². The largest absolute Gasteiger partial charge is 0.378 e. The summed E-state index contributed by atoms with van der Waals surface area (Å²) in [7, 11) is 0. The van der Waals surface area contributed by atoms with Crippen LogP contribution in [0.15, 0.2) is 29.1 Å². The number of aromatic amines is 1. The number of aryl methyl sites for hydroxylation is 1. The third-order valence-corrected chi connectivity index (χ3v) is 5.22. The maximum Gasteiger partial charge on any atom is 0.255 e. The molecular formula is C20H25ClN4O3. The summed E-state index contributed by atoms with van der Waals surface area (Å²) >= 11 is 6.18. The van der Waals surface area contributed by atoms with Gasteiger partial charge in [0.05, 0.1) is 19.3 Å². The number of nitrogens with zero attached hydrogens (tertiary/aromatic N) is 2. The molecule has 0 unspecified atom stereocenters. The Hall–Kier alpha value is -2.38. The van der Waals surface area contributed by atoms with Crippen molar-refractivity contribution in [1.29, 1.82) is 0 Å². The molecule has 0 bridgehead atoms. The minimum atomic E-state index is -0.206. The van der Waals surface area contributed by atoms with Gasteiger partial charge in [-0.2, -0.15) is 0 Å². The van der Waals surface area contributed by atoms with Crippen LogP contribution in [-0.2, 0) is 16.0 Å². The van der Waals surface area contributed by atoms with Crippen molar-refractivity contribution in [3.05, 3.63) is 56.5 Å². The van der Waals surface area contributed by atoms with Crippen LogP contribution < -0.4 is 15.8 Å². The number of ether oxygens (including phenoxy) is 1. The number of amides is 1. The highest BCUT2D eigenvalue weighted by molar-refractivity contribution is 6.31. The molecule has 150 valence electrons. The van der Waals surface area contributed by atoms with Gasteiger partial charge >= 0.3 is 0 Å². The first-order valence-corrected chi connectivity index (χ1v) is 9.79. The summed E-state index contributed by atoms with van der Waals surface area (Å²) in [6, 6.07) is 7.21. The van der Waals surface area contributed by atoms with E-state index in [1.54, 1.807) is 13.0 Å². The fourth-order valence-electron chi connectivity index (χ4n) is 3.27. The van der Waals surface area contributed by atoms with Crippen LogP contribution in [0.3, 0.4) is 0 Å². The number of H-pyrrole nitrogens is 1. The lowest BCUT2D eigenvalue weighted by Gasteiger charge is -2.27. The first-order valence-electron chi connectivity index (χ1n) is 9.42. The highest BCUT2D eigenvalue weighted by atomic mass is 35.5. The molecule has 2 heterocycles. The smallest absolute Gasteiger partial charge is 0.255 e. The zero-order valence-electron chi connectivity index (χ0n) is 16.1. The van der Waals surface area contributed by atoms with Crippen LogP contribution in [0.1, 0.15) is 36.2 Å². The van der Waals surface area contributed by atoms with Crippen LogP contribution in [0.2, 0.25) is 5.02 Å². The van der Waals surface area contributed by atoms with Gasteiger partial charge in [-0.3, -0.25) is 14.6 Å². The second-order valence-electron chi connectivity index (χ2n) is 6.86. The van der Waals surface area contributed by atoms with Gasteiger partial charge in [-0.15, -0.1) is 0 Å². The maximum absolute atomic E-state index is 12.5. The molecule has 1 aromatic carbocycles. The van der Waals surface area contributed by atoms with Crippen LogP contribution in [0.5, 0.6) is 0 Å². The van der Waals surface area contributed by atoms with E-state index in [1.165, 1.54) is 0 Å². The predicted molar refractivity (Wildman–Crippen MR) is 109 cm³/mol. The van der Waals surface area contributed by atoms with E-state index in [1.807, 2.05) is 30.0 Å². The summed E-state index contributed by atoms with van der Waals surface area (Å²) in [4.78, 5) is 34.2. The number of carbonyl (C=O) groups is 1. The normalized spacial score (nSPS) is 15.3. The molecule has 1 aromatic heterocycles. The van der Waals surface area contributed by atoms with Gasteiger partial charge in [0.2, 0.25) is 11.9 Å². The number of rotatable bonds is 6. The molecule has 0 spiro atoms. The van der Waals surface area contributed by atoms with E-state index in [4.69, 9.17) is 16.3 Å². The maximum atomic E-state index is 12.5. The van der Waals surface area contributed by atoms with Crippen molar-refractivity contribution in [1.82, 2.24) is 15.3 Å². The molecule has 1 saturated heterocycles. The van der Waals surface area contributed by atoms with Crippen LogP contribution in [-0.4, -0.2) is 42.2 Å². The molecule has 2 aromatic rings. The number of hydrogen-bond acceptors (Lipinski definition) is 5. The Balaban J connectivity index is 1.61. The molecule has 1 fully saturated rings. The number of nitrogens with one attached hydrogen (secondary N) is 2. The van der Waals surface area contributed by atoms with Crippen LogP contribution in [0.25, 0.3) is 0 Å². The zero-order valence-corrected chi connectivity index (χ0v) is 16.9. The number of carbonyl (C=O) groups excluding carboxylic acids is 1. The Morgan fingerprint density at radius 1 is 1.36 bits per heavy atom. The molecule has 1 amide bonds. The van der Waals surface area contributed by atoms with Crippen molar-refractivity contribution in [2.24, 2.45) is 0 Å². The minimum Gasteiger partial charge on any atom is -0.378 e. The number of anilines is 1. The molecule has 0 aliphatic carbocycles. The second-order valence-corrected chi connectivity index (χ2v) is 7.27. The van der Waals surface area contributed by atoms with Gasteiger partial charge in [-0.1, -0.05) is 29.8 Å². The Bertz CT molecular complexity index is 893. The number of halogens is 1. The van der Waals surface area contributed by atoms with Gasteiger partial charge in [0, 0.05) is 35.8 Å². The molecule has 28 heavy (non-hydrogen) atoms. The van der Waals surface area contributed by atoms with Gasteiger partial charge in [-0.25, -0.2) is 4.98 Å². The number of hydrogen-bond donors (Lipinski definition) is 2. The minimum absolute atomic E-state index is 0.136. The number of benzene rings is 1. The summed E-state index contributed by atoms with van der Waals surface area (Å²) < 4.78 is 5.33. The first-order chi connectivity index (χ1) is 13.5. The highest BCUT2D eigenvalue weighted by Gasteiger charge is 2.17. The summed E-state index contributed by atoms with van der Waals surface area (Å²) in [6.07, 6.45) is 0.538. The van der Waals surface area contributed by atoms with E-state index in [0.29, 0.717) is 55.0 Å². The van der Waals surface area contributed by atoms with Crippen molar-refractivity contribution in [2.75, 3.05) is 31.2 Å². The van der Waals surface area contributed by atoms with Crippen LogP contribution >= 0.6 is 11.6 Å². The van der Waals surface area contributed by atoms with Crippen molar-refractivity contribution in [2.45, 2.75) is 32.7 Å². The van der Waals surface area contributed by atoms with Crippen LogP contribution in [0, 0.1) is 6.92 Å². The summed E-state index contributed by atoms with van der Waals surface area (Å²) in [5.41, 5.74) is 1.86. The molecule has 8 heteroatoms. The standard InChI is InChI=1S/C20H25ClN4O3/c1-13(15-5-3-4-6-17(15)21)22-18(26)8-7-16-14(2)23-20(24-19(16)27)25-9-11-28-12-10-25/h3-6,13H,7-12H2,1-2H3,(H,22,26)(H,23,24,27)/t13-/m1/s1. The third-order valence-electron chi connectivity index (χ3n) is 4.87. The van der Waals surface area contributed by atoms with E-state index >= 15 is 0 Å². The van der Waals surface area contributed by atoms with E-state index in [0.717, 1.165) is 5.56 Å². The lowest BCUT2D eigenvalue weighted by Crippen LogP contribution is -2.38. The fourth-order valence-corrected chi connectivity index (χ4v) is 3.57. The Labute approximate surface area is 169 Å². The SMILES string of the molecule is Cc1nc(N2CCOCC2)[nH]c(=O)c1CCC(=O)N[C@H](C)c1ccccc1Cl. The third kappa shape index (κ3) is 4.91. The Kier molecular flexibility index (Phi) is 6.70. The quantitative estimate of drug-likeness (QED) is 0.771.